The first-order valence-electron chi connectivity index (χ1n) is 7.85. The van der Waals surface area contributed by atoms with Crippen molar-refractivity contribution in [2.24, 2.45) is 0 Å². The highest BCUT2D eigenvalue weighted by Gasteiger charge is 2.32. The van der Waals surface area contributed by atoms with E-state index in [1.54, 1.807) is 18.7 Å². The summed E-state index contributed by atoms with van der Waals surface area (Å²) in [6.45, 7) is 4.44. The molecule has 1 aromatic heterocycles. The van der Waals surface area contributed by atoms with E-state index >= 15 is 0 Å². The van der Waals surface area contributed by atoms with Gasteiger partial charge in [0.1, 0.15) is 5.69 Å². The number of methoxy groups -OCH3 is 1. The molecular weight excluding hydrogens is 348 g/mol. The van der Waals surface area contributed by atoms with Crippen LogP contribution in [0.2, 0.25) is 0 Å². The summed E-state index contributed by atoms with van der Waals surface area (Å²) >= 11 is 0. The Morgan fingerprint density at radius 1 is 1.12 bits per heavy atom. The number of esters is 1. The Kier molecular flexibility index (Phi) is 5.55. The molecule has 0 unspecified atom stereocenters. The molecule has 0 aromatic carbocycles. The molecule has 0 saturated carbocycles. The van der Waals surface area contributed by atoms with Crippen molar-refractivity contribution >= 4 is 22.1 Å². The standard InChI is InChI=1S/C15H24N4O5S/c1-10-12(15(21)24-5)11(2)16-13(10)14(20)18-6-8-19(9-7-18)25(22,23)17(3)4/h16H,6-9H2,1-5H3. The topological polar surface area (TPSA) is 103 Å². The number of nitrogens with one attached hydrogen (secondary N) is 1. The van der Waals surface area contributed by atoms with Crippen LogP contribution in [0.5, 0.6) is 0 Å². The van der Waals surface area contributed by atoms with Gasteiger partial charge in [-0.1, -0.05) is 0 Å². The highest BCUT2D eigenvalue weighted by Crippen LogP contribution is 2.21. The smallest absolute Gasteiger partial charge is 0.339 e. The van der Waals surface area contributed by atoms with Crippen molar-refractivity contribution in [3.8, 4) is 0 Å². The summed E-state index contributed by atoms with van der Waals surface area (Å²) < 4.78 is 31.5. The van der Waals surface area contributed by atoms with E-state index in [4.69, 9.17) is 4.74 Å². The largest absolute Gasteiger partial charge is 0.465 e. The first-order valence-corrected chi connectivity index (χ1v) is 9.25. The average Bonchev–Trinajstić information content (AvgIpc) is 2.88. The molecule has 2 heterocycles. The van der Waals surface area contributed by atoms with E-state index in [2.05, 4.69) is 4.98 Å². The van der Waals surface area contributed by atoms with Gasteiger partial charge in [0.05, 0.1) is 12.7 Å². The lowest BCUT2D eigenvalue weighted by atomic mass is 10.1. The number of rotatable bonds is 4. The minimum Gasteiger partial charge on any atom is -0.465 e. The van der Waals surface area contributed by atoms with Crippen LogP contribution in [0.15, 0.2) is 0 Å². The number of aryl methyl sites for hydroxylation is 1. The van der Waals surface area contributed by atoms with Crippen molar-refractivity contribution in [2.75, 3.05) is 47.4 Å². The molecule has 1 aromatic rings. The van der Waals surface area contributed by atoms with Crippen molar-refractivity contribution in [1.29, 1.82) is 0 Å². The van der Waals surface area contributed by atoms with Crippen molar-refractivity contribution in [3.63, 3.8) is 0 Å². The molecule has 0 aliphatic carbocycles. The SMILES string of the molecule is COC(=O)c1c(C)[nH]c(C(=O)N2CCN(S(=O)(=O)N(C)C)CC2)c1C. The molecule has 0 spiro atoms. The summed E-state index contributed by atoms with van der Waals surface area (Å²) in [5.74, 6) is -0.746. The molecule has 1 fully saturated rings. The second-order valence-corrected chi connectivity index (χ2v) is 8.24. The number of H-pyrrole nitrogens is 1. The van der Waals surface area contributed by atoms with Crippen LogP contribution in [0.25, 0.3) is 0 Å². The zero-order valence-electron chi connectivity index (χ0n) is 15.1. The Labute approximate surface area is 147 Å². The fraction of sp³-hybridized carbons (Fsp3) is 0.600. The highest BCUT2D eigenvalue weighted by atomic mass is 32.2. The molecular formula is C15H24N4O5S. The van der Waals surface area contributed by atoms with Gasteiger partial charge in [-0.3, -0.25) is 4.79 Å². The minimum absolute atomic E-state index is 0.231. The second-order valence-electron chi connectivity index (χ2n) is 6.10. The molecule has 25 heavy (non-hydrogen) atoms. The highest BCUT2D eigenvalue weighted by molar-refractivity contribution is 7.86. The lowest BCUT2D eigenvalue weighted by Crippen LogP contribution is -2.53. The summed E-state index contributed by atoms with van der Waals surface area (Å²) in [6, 6.07) is 0. The molecule has 10 heteroatoms. The summed E-state index contributed by atoms with van der Waals surface area (Å²) in [5, 5.41) is 0. The number of amides is 1. The van der Waals surface area contributed by atoms with Crippen LogP contribution in [0.4, 0.5) is 0 Å². The zero-order chi connectivity index (χ0) is 18.9. The fourth-order valence-corrected chi connectivity index (χ4v) is 3.97. The lowest BCUT2D eigenvalue weighted by molar-refractivity contribution is 0.0599. The van der Waals surface area contributed by atoms with Crippen molar-refractivity contribution < 1.29 is 22.7 Å². The molecule has 9 nitrogen and oxygen atoms in total. The van der Waals surface area contributed by atoms with E-state index in [0.29, 0.717) is 22.5 Å². The number of carbonyl (C=O) groups excluding carboxylic acids is 2. The third kappa shape index (κ3) is 3.55. The number of hydrogen-bond donors (Lipinski definition) is 1. The second kappa shape index (κ2) is 7.14. The van der Waals surface area contributed by atoms with Crippen molar-refractivity contribution in [3.05, 3.63) is 22.5 Å². The van der Waals surface area contributed by atoms with E-state index in [0.717, 1.165) is 4.31 Å². The molecule has 0 radical (unpaired) electrons. The Morgan fingerprint density at radius 3 is 2.16 bits per heavy atom. The Morgan fingerprint density at radius 2 is 1.68 bits per heavy atom. The number of aromatic nitrogens is 1. The van der Waals surface area contributed by atoms with Gasteiger partial charge in [-0.2, -0.15) is 17.0 Å². The van der Waals surface area contributed by atoms with Gasteiger partial charge in [0, 0.05) is 46.0 Å². The third-order valence-electron chi connectivity index (χ3n) is 4.35. The summed E-state index contributed by atoms with van der Waals surface area (Å²) in [4.78, 5) is 29.1. The Hall–Kier alpha value is -1.91. The van der Waals surface area contributed by atoms with Gasteiger partial charge in [0.25, 0.3) is 16.1 Å². The molecule has 0 bridgehead atoms. The number of ether oxygens (including phenoxy) is 1. The molecule has 0 atom stereocenters. The van der Waals surface area contributed by atoms with E-state index in [9.17, 15) is 18.0 Å². The van der Waals surface area contributed by atoms with Crippen LogP contribution in [-0.2, 0) is 14.9 Å². The third-order valence-corrected chi connectivity index (χ3v) is 6.30. The molecule has 1 amide bonds. The summed E-state index contributed by atoms with van der Waals surface area (Å²) in [5.41, 5.74) is 1.81. The number of carbonyl (C=O) groups is 2. The maximum Gasteiger partial charge on any atom is 0.339 e. The van der Waals surface area contributed by atoms with Gasteiger partial charge < -0.3 is 14.6 Å². The number of aromatic amines is 1. The predicted molar refractivity (Wildman–Crippen MR) is 91.7 cm³/mol. The average molecular weight is 372 g/mol. The quantitative estimate of drug-likeness (QED) is 0.749. The molecule has 1 saturated heterocycles. The molecule has 2 rings (SSSR count). The Bertz CT molecular complexity index is 776. The van der Waals surface area contributed by atoms with Gasteiger partial charge in [-0.25, -0.2) is 4.79 Å². The van der Waals surface area contributed by atoms with Crippen LogP contribution in [0.3, 0.4) is 0 Å². The minimum atomic E-state index is -3.48. The maximum absolute atomic E-state index is 12.8. The van der Waals surface area contributed by atoms with Crippen molar-refractivity contribution in [1.82, 2.24) is 18.5 Å². The van der Waals surface area contributed by atoms with Gasteiger partial charge >= 0.3 is 5.97 Å². The Balaban J connectivity index is 2.15. The maximum atomic E-state index is 12.8. The summed E-state index contributed by atoms with van der Waals surface area (Å²) in [6.07, 6.45) is 0. The number of piperazine rings is 1. The van der Waals surface area contributed by atoms with Crippen LogP contribution in [0, 0.1) is 13.8 Å². The van der Waals surface area contributed by atoms with Gasteiger partial charge in [-0.05, 0) is 19.4 Å². The summed E-state index contributed by atoms with van der Waals surface area (Å²) in [7, 11) is 0.769. The first kappa shape index (κ1) is 19.4. The molecule has 1 aliphatic rings. The number of nitrogens with zero attached hydrogens (tertiary/aromatic N) is 3. The molecule has 1 aliphatic heterocycles. The van der Waals surface area contributed by atoms with Gasteiger partial charge in [-0.15, -0.1) is 0 Å². The molecule has 1 N–H and O–H groups in total. The van der Waals surface area contributed by atoms with Gasteiger partial charge in [0.2, 0.25) is 0 Å². The van der Waals surface area contributed by atoms with Crippen LogP contribution < -0.4 is 0 Å². The van der Waals surface area contributed by atoms with Crippen LogP contribution in [0.1, 0.15) is 32.1 Å². The number of hydrogen-bond acceptors (Lipinski definition) is 5. The van der Waals surface area contributed by atoms with Crippen molar-refractivity contribution in [2.45, 2.75) is 13.8 Å². The molecule has 140 valence electrons. The van der Waals surface area contributed by atoms with E-state index in [1.165, 1.54) is 25.5 Å². The van der Waals surface area contributed by atoms with Crippen LogP contribution >= 0.6 is 0 Å². The zero-order valence-corrected chi connectivity index (χ0v) is 15.9. The monoisotopic (exact) mass is 372 g/mol. The first-order chi connectivity index (χ1) is 11.6. The van der Waals surface area contributed by atoms with E-state index in [1.807, 2.05) is 0 Å². The van der Waals surface area contributed by atoms with E-state index < -0.39 is 16.2 Å². The predicted octanol–water partition coefficient (Wildman–Crippen LogP) is -0.0177. The van der Waals surface area contributed by atoms with Crippen LogP contribution in [-0.4, -0.2) is 86.2 Å². The fourth-order valence-electron chi connectivity index (χ4n) is 2.88. The van der Waals surface area contributed by atoms with E-state index in [-0.39, 0.29) is 32.1 Å². The normalized spacial score (nSPS) is 16.3. The van der Waals surface area contributed by atoms with Gasteiger partial charge in [0.15, 0.2) is 0 Å². The lowest BCUT2D eigenvalue weighted by Gasteiger charge is -2.35.